The molecule has 0 fully saturated rings. The Morgan fingerprint density at radius 1 is 0.261 bits per heavy atom. The van der Waals surface area contributed by atoms with E-state index in [2.05, 4.69) is 0 Å². The zero-order valence-electron chi connectivity index (χ0n) is 19.6. The van der Waals surface area contributed by atoms with E-state index in [4.69, 9.17) is 155 Å². The van der Waals surface area contributed by atoms with Gasteiger partial charge in [0, 0.05) is 0 Å². The third-order valence-electron chi connectivity index (χ3n) is 0. The molecule has 46 heteroatoms. The first-order valence-electron chi connectivity index (χ1n) is 5.93. The van der Waals surface area contributed by atoms with Gasteiger partial charge in [0.25, 0.3) is 0 Å². The van der Waals surface area contributed by atoms with Crippen molar-refractivity contribution in [3.63, 3.8) is 0 Å². The number of hydrogen-bond donors (Lipinski definition) is 5. The molecule has 267 valence electrons. The van der Waals surface area contributed by atoms with Crippen LogP contribution >= 0.6 is 0 Å². The molecule has 0 aromatic carbocycles. The first-order valence-corrected chi connectivity index (χ1v) is 11.6. The Hall–Kier alpha value is -2.58. The van der Waals surface area contributed by atoms with Crippen molar-refractivity contribution in [3.05, 3.63) is 138 Å². The van der Waals surface area contributed by atoms with Crippen LogP contribution in [0, 0.1) is 263 Å². The molecule has 0 aliphatic carbocycles. The molecule has 0 saturated carbocycles. The average Bonchev–Trinajstić information content (AvgIpc) is 2.45. The number of rotatable bonds is 0. The van der Waals surface area contributed by atoms with Crippen molar-refractivity contribution in [2.45, 2.75) is 0 Å². The summed E-state index contributed by atoms with van der Waals surface area (Å²) in [6.07, 6.45) is 0. The van der Waals surface area contributed by atoms with E-state index in [9.17, 15) is 3.44 Å². The number of halogens is 1. The van der Waals surface area contributed by atoms with Crippen LogP contribution in [0.3, 0.4) is 0 Å². The molecule has 0 aliphatic rings. The van der Waals surface area contributed by atoms with Gasteiger partial charge in [-0.1, -0.05) is 0 Å². The summed E-state index contributed by atoms with van der Waals surface area (Å²) in [6, 6.07) is 0. The van der Waals surface area contributed by atoms with Crippen LogP contribution in [-0.4, -0.2) is 63.0 Å². The van der Waals surface area contributed by atoms with Crippen molar-refractivity contribution in [1.82, 2.24) is 0 Å². The standard InChI is InChI=1S/3Ce.H5IO6.9NO3/c;;;2-1(3,4,5,6)7;9*2-1(3)4/h;;;2-6H;;;;;;;;;/q3*+3;;9*-1. The van der Waals surface area contributed by atoms with Crippen LogP contribution in [0.25, 0.3) is 0 Å². The summed E-state index contributed by atoms with van der Waals surface area (Å²) < 4.78 is 45.7. The normalized spacial score (nSPS) is 8.22. The van der Waals surface area contributed by atoms with E-state index in [1.54, 1.807) is 0 Å². The Morgan fingerprint density at radius 2 is 0.261 bits per heavy atom. The van der Waals surface area contributed by atoms with Gasteiger partial charge in [0.2, 0.25) is 0 Å². The summed E-state index contributed by atoms with van der Waals surface area (Å²) in [5.74, 6) is 0. The minimum atomic E-state index is -8.37. The van der Waals surface area contributed by atoms with Crippen molar-refractivity contribution in [2.75, 3.05) is 0 Å². The first-order chi connectivity index (χ1) is 18.0. The predicted octanol–water partition coefficient (Wildman–Crippen LogP) is -9.12. The van der Waals surface area contributed by atoms with E-state index in [-0.39, 0.29) is 125 Å². The second kappa shape index (κ2) is 46.8. The molecular formula is H5Ce3IN9O33. The fourth-order valence-corrected chi connectivity index (χ4v) is 0. The molecule has 5 N–H and O–H groups in total. The van der Waals surface area contributed by atoms with Gasteiger partial charge >= 0.3 is 164 Å². The fraction of sp³-hybridized carbons (Fsp3) is 0. The molecule has 0 atom stereocenters. The maximum absolute atomic E-state index is 9.22. The molecule has 0 unspecified atom stereocenters. The average molecular weight is 1210 g/mol. The van der Waals surface area contributed by atoms with Crippen LogP contribution in [0.5, 0.6) is 0 Å². The van der Waals surface area contributed by atoms with Crippen molar-refractivity contribution in [3.8, 4) is 0 Å². The maximum atomic E-state index is 9.22. The van der Waals surface area contributed by atoms with E-state index in [0.717, 1.165) is 0 Å². The molecule has 0 heterocycles. The van der Waals surface area contributed by atoms with Gasteiger partial charge in [-0.2, -0.15) is 0 Å². The molecule has 0 aromatic heterocycles. The molecule has 0 rings (SSSR count). The van der Waals surface area contributed by atoms with E-state index < -0.39 is 63.9 Å². The van der Waals surface area contributed by atoms with Crippen molar-refractivity contribution < 1.29 is 210 Å². The van der Waals surface area contributed by atoms with Gasteiger partial charge < -0.3 is 138 Å². The zero-order chi connectivity index (χ0) is 38.6. The Kier molecular flexibility index (Phi) is 86.0. The first kappa shape index (κ1) is 84.4. The Balaban J connectivity index is -0.0000000239. The predicted molar refractivity (Wildman–Crippen MR) is 104 cm³/mol. The van der Waals surface area contributed by atoms with Gasteiger partial charge in [-0.05, 0) is 0 Å². The van der Waals surface area contributed by atoms with Crippen molar-refractivity contribution in [1.29, 1.82) is 0 Å². The van der Waals surface area contributed by atoms with Crippen LogP contribution in [0.1, 0.15) is 0 Å². The molecule has 0 amide bonds. The van der Waals surface area contributed by atoms with Gasteiger partial charge in [0.05, 0.1) is 45.8 Å². The SMILES string of the molecule is O=[N+]([O-])[O-].O=[N+]([O-])[O-].O=[N+]([O-])[O-].O=[N+]([O-])[O-].O=[N+]([O-])[O-].O=[N+]([O-])[O-].O=[N+]([O-])[O-].O=[N+]([O-])[O-].O=[N+]([O-])[O-].[Ce+3].[Ce+3].[Ce+3].[O-][I+](O)(O)(O)(O)O. The number of nitrogens with zero attached hydrogens (tertiary/aromatic N) is 9. The van der Waals surface area contributed by atoms with E-state index in [1.165, 1.54) is 0 Å². The van der Waals surface area contributed by atoms with Crippen molar-refractivity contribution >= 4 is 0 Å². The third kappa shape index (κ3) is 10200. The summed E-state index contributed by atoms with van der Waals surface area (Å²) >= 11 is -8.37. The van der Waals surface area contributed by atoms with E-state index in [0.29, 0.717) is 0 Å². The zero-order valence-corrected chi connectivity index (χ0v) is 31.1. The monoisotopic (exact) mass is 1210 g/mol. The fourth-order valence-electron chi connectivity index (χ4n) is 0. The minimum absolute atomic E-state index is 0. The summed E-state index contributed by atoms with van der Waals surface area (Å²) in [7, 11) is 0. The second-order valence-electron chi connectivity index (χ2n) is 3.11. The molecule has 0 bridgehead atoms. The van der Waals surface area contributed by atoms with Crippen LogP contribution < -0.4 is 21.6 Å². The van der Waals surface area contributed by atoms with Gasteiger partial charge in [-0.3, -0.25) is 0 Å². The summed E-state index contributed by atoms with van der Waals surface area (Å²) in [4.78, 5) is 74.2. The summed E-state index contributed by atoms with van der Waals surface area (Å²) in [5.41, 5.74) is 0. The molecule has 0 aliphatic heterocycles. The molecule has 0 spiro atoms. The van der Waals surface area contributed by atoms with Gasteiger partial charge in [-0.25, -0.2) is 0 Å². The quantitative estimate of drug-likeness (QED) is 0.0854. The van der Waals surface area contributed by atoms with E-state index in [1.807, 2.05) is 0 Å². The molecule has 42 nitrogen and oxygen atoms in total. The van der Waals surface area contributed by atoms with E-state index >= 15 is 0 Å². The van der Waals surface area contributed by atoms with Gasteiger partial charge in [0.15, 0.2) is 0 Å². The molecule has 0 saturated heterocycles. The molecule has 3 radical (unpaired) electrons. The van der Waals surface area contributed by atoms with Crippen molar-refractivity contribution in [2.24, 2.45) is 0 Å². The van der Waals surface area contributed by atoms with Crippen LogP contribution in [0.15, 0.2) is 0 Å². The molecular weight excluding hydrogens is 1200 g/mol. The number of hydrogen-bond acceptors (Lipinski definition) is 33. The van der Waals surface area contributed by atoms with Crippen LogP contribution in [0.2, 0.25) is 0 Å². The molecule has 0 aromatic rings. The topological polar surface area (TPSA) is 720 Å². The summed E-state index contributed by atoms with van der Waals surface area (Å²) in [6.45, 7) is 0. The van der Waals surface area contributed by atoms with Crippen LogP contribution in [0.4, 0.5) is 0 Å². The molecule has 46 heavy (non-hydrogen) atoms. The van der Waals surface area contributed by atoms with Gasteiger partial charge in [0.1, 0.15) is 0 Å². The Morgan fingerprint density at radius 3 is 0.261 bits per heavy atom. The van der Waals surface area contributed by atoms with Crippen LogP contribution in [-0.2, 0) is 0 Å². The van der Waals surface area contributed by atoms with Gasteiger partial charge in [-0.15, -0.1) is 0 Å². The third-order valence-corrected chi connectivity index (χ3v) is 0. The summed E-state index contributed by atoms with van der Waals surface area (Å²) in [5, 5.41) is 133. The Labute approximate surface area is 343 Å². The Bertz CT molecular complexity index is 596. The second-order valence-corrected chi connectivity index (χ2v) is 9.40.